The highest BCUT2D eigenvalue weighted by atomic mass is 16.2. The lowest BCUT2D eigenvalue weighted by Crippen LogP contribution is -2.31. The van der Waals surface area contributed by atoms with Crippen molar-refractivity contribution in [1.29, 1.82) is 5.26 Å². The summed E-state index contributed by atoms with van der Waals surface area (Å²) in [6, 6.07) is 18.5. The molecule has 1 amide bonds. The number of hydrogen-bond donors (Lipinski definition) is 1. The molecule has 0 spiro atoms. The average Bonchev–Trinajstić information content (AvgIpc) is 2.69. The summed E-state index contributed by atoms with van der Waals surface area (Å²) in [6.07, 6.45) is 1.36. The van der Waals surface area contributed by atoms with E-state index in [1.165, 1.54) is 6.33 Å². The number of anilines is 3. The van der Waals surface area contributed by atoms with E-state index in [0.29, 0.717) is 23.6 Å². The second kappa shape index (κ2) is 8.11. The molecular weight excluding hydrogens is 338 g/mol. The Morgan fingerprint density at radius 2 is 1.93 bits per heavy atom. The summed E-state index contributed by atoms with van der Waals surface area (Å²) in [4.78, 5) is 22.9. The Kier molecular flexibility index (Phi) is 5.43. The lowest BCUT2D eigenvalue weighted by Gasteiger charge is -2.21. The van der Waals surface area contributed by atoms with Crippen LogP contribution in [0.5, 0.6) is 0 Å². The molecule has 1 heterocycles. The molecule has 0 radical (unpaired) electrons. The van der Waals surface area contributed by atoms with Crippen molar-refractivity contribution in [2.75, 3.05) is 16.8 Å². The number of nitriles is 1. The van der Waals surface area contributed by atoms with Gasteiger partial charge in [-0.05, 0) is 55.8 Å². The fraction of sp³-hybridized carbons (Fsp3) is 0.143. The van der Waals surface area contributed by atoms with E-state index in [4.69, 9.17) is 5.26 Å². The first-order chi connectivity index (χ1) is 13.1. The topological polar surface area (TPSA) is 81.9 Å². The lowest BCUT2D eigenvalue weighted by atomic mass is 10.2. The molecule has 0 saturated heterocycles. The van der Waals surface area contributed by atoms with Gasteiger partial charge in [0.15, 0.2) is 0 Å². The largest absolute Gasteiger partial charge is 0.340 e. The maximum atomic E-state index is 12.9. The summed E-state index contributed by atoms with van der Waals surface area (Å²) in [5.74, 6) is 0.326. The number of benzene rings is 2. The molecule has 3 aromatic rings. The maximum absolute atomic E-state index is 12.9. The molecular formula is C21H19N5O. The van der Waals surface area contributed by atoms with Crippen molar-refractivity contribution >= 4 is 23.1 Å². The van der Waals surface area contributed by atoms with Gasteiger partial charge in [-0.25, -0.2) is 9.97 Å². The van der Waals surface area contributed by atoms with Gasteiger partial charge in [0.1, 0.15) is 17.8 Å². The Labute approximate surface area is 158 Å². The van der Waals surface area contributed by atoms with Crippen LogP contribution in [-0.2, 0) is 0 Å². The number of carbonyl (C=O) groups excluding carboxylic acids is 1. The highest BCUT2D eigenvalue weighted by molar-refractivity contribution is 6.05. The van der Waals surface area contributed by atoms with E-state index in [1.54, 1.807) is 35.2 Å². The minimum absolute atomic E-state index is 0.187. The summed E-state index contributed by atoms with van der Waals surface area (Å²) >= 11 is 0. The first-order valence-electron chi connectivity index (χ1n) is 8.58. The molecule has 6 heteroatoms. The zero-order valence-electron chi connectivity index (χ0n) is 15.2. The molecule has 1 aromatic heterocycles. The van der Waals surface area contributed by atoms with E-state index in [1.807, 2.05) is 38.1 Å². The van der Waals surface area contributed by atoms with Crippen molar-refractivity contribution < 1.29 is 4.79 Å². The maximum Gasteiger partial charge on any atom is 0.277 e. The van der Waals surface area contributed by atoms with Crippen molar-refractivity contribution in [3.8, 4) is 6.07 Å². The van der Waals surface area contributed by atoms with Crippen LogP contribution in [-0.4, -0.2) is 22.4 Å². The van der Waals surface area contributed by atoms with Crippen LogP contribution in [0.2, 0.25) is 0 Å². The number of aromatic nitrogens is 2. The van der Waals surface area contributed by atoms with Crippen LogP contribution < -0.4 is 10.2 Å². The van der Waals surface area contributed by atoms with Crippen molar-refractivity contribution in [3.05, 3.63) is 77.7 Å². The van der Waals surface area contributed by atoms with Crippen molar-refractivity contribution in [3.63, 3.8) is 0 Å². The summed E-state index contributed by atoms with van der Waals surface area (Å²) in [7, 11) is 0. The molecule has 27 heavy (non-hydrogen) atoms. The van der Waals surface area contributed by atoms with Crippen molar-refractivity contribution in [2.24, 2.45) is 0 Å². The fourth-order valence-electron chi connectivity index (χ4n) is 2.70. The molecule has 0 bridgehead atoms. The molecule has 0 fully saturated rings. The van der Waals surface area contributed by atoms with E-state index in [9.17, 15) is 4.79 Å². The standard InChI is InChI=1S/C21H19N5O/c1-3-26(18-6-4-5-15(2)11-18)21(27)19-12-20(24-14-23-19)25-17-9-7-16(13-22)8-10-17/h4-12,14H,3H2,1-2H3,(H,23,24,25). The van der Waals surface area contributed by atoms with E-state index in [-0.39, 0.29) is 5.91 Å². The second-order valence-electron chi connectivity index (χ2n) is 5.99. The smallest absolute Gasteiger partial charge is 0.277 e. The number of aryl methyl sites for hydroxylation is 1. The van der Waals surface area contributed by atoms with E-state index in [2.05, 4.69) is 21.4 Å². The molecule has 6 nitrogen and oxygen atoms in total. The third kappa shape index (κ3) is 4.28. The Morgan fingerprint density at radius 1 is 1.15 bits per heavy atom. The Hall–Kier alpha value is -3.72. The Morgan fingerprint density at radius 3 is 2.59 bits per heavy atom. The van der Waals surface area contributed by atoms with Gasteiger partial charge in [-0.1, -0.05) is 12.1 Å². The van der Waals surface area contributed by atoms with Gasteiger partial charge in [-0.3, -0.25) is 4.79 Å². The molecule has 0 aliphatic heterocycles. The van der Waals surface area contributed by atoms with Crippen LogP contribution in [0.25, 0.3) is 0 Å². The predicted molar refractivity (Wildman–Crippen MR) is 105 cm³/mol. The van der Waals surface area contributed by atoms with E-state index >= 15 is 0 Å². The summed E-state index contributed by atoms with van der Waals surface area (Å²) in [6.45, 7) is 4.45. The van der Waals surface area contributed by atoms with Gasteiger partial charge < -0.3 is 10.2 Å². The molecule has 0 aliphatic carbocycles. The third-order valence-electron chi connectivity index (χ3n) is 4.05. The number of nitrogens with one attached hydrogen (secondary N) is 1. The summed E-state index contributed by atoms with van der Waals surface area (Å²) in [5.41, 5.74) is 3.59. The number of nitrogens with zero attached hydrogens (tertiary/aromatic N) is 4. The van der Waals surface area contributed by atoms with Gasteiger partial charge >= 0.3 is 0 Å². The highest BCUT2D eigenvalue weighted by Crippen LogP contribution is 2.20. The number of carbonyl (C=O) groups is 1. The molecule has 0 unspecified atom stereocenters. The molecule has 0 aliphatic rings. The van der Waals surface area contributed by atoms with E-state index in [0.717, 1.165) is 16.9 Å². The van der Waals surface area contributed by atoms with Crippen LogP contribution in [0.3, 0.4) is 0 Å². The molecule has 3 rings (SSSR count). The fourth-order valence-corrected chi connectivity index (χ4v) is 2.70. The van der Waals surface area contributed by atoms with Crippen LogP contribution in [0, 0.1) is 18.3 Å². The van der Waals surface area contributed by atoms with Gasteiger partial charge in [-0.15, -0.1) is 0 Å². The summed E-state index contributed by atoms with van der Waals surface area (Å²) in [5, 5.41) is 12.0. The Bertz CT molecular complexity index is 992. The zero-order valence-corrected chi connectivity index (χ0v) is 15.2. The van der Waals surface area contributed by atoms with Gasteiger partial charge in [-0.2, -0.15) is 5.26 Å². The van der Waals surface area contributed by atoms with Crippen LogP contribution in [0.15, 0.2) is 60.9 Å². The SMILES string of the molecule is CCN(C(=O)c1cc(Nc2ccc(C#N)cc2)ncn1)c1cccc(C)c1. The normalized spacial score (nSPS) is 10.1. The molecule has 134 valence electrons. The molecule has 0 atom stereocenters. The van der Waals surface area contributed by atoms with Crippen molar-refractivity contribution in [2.45, 2.75) is 13.8 Å². The van der Waals surface area contributed by atoms with E-state index < -0.39 is 0 Å². The van der Waals surface area contributed by atoms with Crippen molar-refractivity contribution in [1.82, 2.24) is 9.97 Å². The number of hydrogen-bond acceptors (Lipinski definition) is 5. The quantitative estimate of drug-likeness (QED) is 0.744. The van der Waals surface area contributed by atoms with Crippen LogP contribution in [0.4, 0.5) is 17.2 Å². The van der Waals surface area contributed by atoms with Gasteiger partial charge in [0.05, 0.1) is 11.6 Å². The highest BCUT2D eigenvalue weighted by Gasteiger charge is 2.18. The molecule has 0 saturated carbocycles. The number of rotatable bonds is 5. The van der Waals surface area contributed by atoms with Crippen LogP contribution >= 0.6 is 0 Å². The lowest BCUT2D eigenvalue weighted by molar-refractivity contribution is 0.0983. The van der Waals surface area contributed by atoms with Gasteiger partial charge in [0.2, 0.25) is 0 Å². The minimum atomic E-state index is -0.187. The molecule has 1 N–H and O–H groups in total. The van der Waals surface area contributed by atoms with Gasteiger partial charge in [0.25, 0.3) is 5.91 Å². The summed E-state index contributed by atoms with van der Waals surface area (Å²) < 4.78 is 0. The minimum Gasteiger partial charge on any atom is -0.340 e. The van der Waals surface area contributed by atoms with Crippen LogP contribution in [0.1, 0.15) is 28.5 Å². The predicted octanol–water partition coefficient (Wildman–Crippen LogP) is 4.07. The first-order valence-corrected chi connectivity index (χ1v) is 8.58. The number of amides is 1. The first kappa shape index (κ1) is 18.1. The zero-order chi connectivity index (χ0) is 19.2. The monoisotopic (exact) mass is 357 g/mol. The second-order valence-corrected chi connectivity index (χ2v) is 5.99. The molecule has 2 aromatic carbocycles. The Balaban J connectivity index is 1.83. The third-order valence-corrected chi connectivity index (χ3v) is 4.05. The van der Waals surface area contributed by atoms with Gasteiger partial charge in [0, 0.05) is 24.0 Å². The average molecular weight is 357 g/mol.